The number of carboxylic acids is 1. The molecule has 0 aliphatic heterocycles. The zero-order valence-corrected chi connectivity index (χ0v) is 12.7. The third-order valence-corrected chi connectivity index (χ3v) is 3.95. The Bertz CT molecular complexity index is 492. The monoisotopic (exact) mass is 305 g/mol. The number of carbonyl (C=O) groups excluding carboxylic acids is 1. The van der Waals surface area contributed by atoms with E-state index < -0.39 is 5.97 Å². The van der Waals surface area contributed by atoms with Gasteiger partial charge >= 0.3 is 5.97 Å². The van der Waals surface area contributed by atoms with Crippen molar-refractivity contribution >= 4 is 11.9 Å². The Hall–Kier alpha value is -2.04. The van der Waals surface area contributed by atoms with E-state index >= 15 is 0 Å². The summed E-state index contributed by atoms with van der Waals surface area (Å²) in [6.07, 6.45) is 6.33. The molecular weight excluding hydrogens is 282 g/mol. The maximum Gasteiger partial charge on any atom is 0.305 e. The molecule has 22 heavy (non-hydrogen) atoms. The fourth-order valence-corrected chi connectivity index (χ4v) is 2.66. The van der Waals surface area contributed by atoms with Crippen LogP contribution in [0.2, 0.25) is 0 Å². The molecule has 1 amide bonds. The maximum absolute atomic E-state index is 11.8. The molecule has 0 spiro atoms. The number of carbonyl (C=O) groups is 2. The lowest BCUT2D eigenvalue weighted by molar-refractivity contribution is -0.136. The van der Waals surface area contributed by atoms with Crippen LogP contribution in [0, 0.1) is 5.92 Å². The summed E-state index contributed by atoms with van der Waals surface area (Å²) in [6, 6.07) is 6.97. The molecular formula is C17H23NO4. The van der Waals surface area contributed by atoms with E-state index in [1.54, 1.807) is 24.3 Å². The molecule has 5 heteroatoms. The molecule has 1 aromatic rings. The fraction of sp³-hybridized carbons (Fsp3) is 0.529. The number of hydrogen-bond donors (Lipinski definition) is 2. The van der Waals surface area contributed by atoms with Gasteiger partial charge in [-0.2, -0.15) is 0 Å². The molecule has 120 valence electrons. The van der Waals surface area contributed by atoms with Crippen molar-refractivity contribution in [2.45, 2.75) is 38.5 Å². The summed E-state index contributed by atoms with van der Waals surface area (Å²) in [5, 5.41) is 11.1. The number of carboxylic acid groups (broad SMARTS) is 1. The Labute approximate surface area is 130 Å². The van der Waals surface area contributed by atoms with E-state index in [2.05, 4.69) is 5.32 Å². The van der Waals surface area contributed by atoms with Gasteiger partial charge in [-0.25, -0.2) is 0 Å². The van der Waals surface area contributed by atoms with Gasteiger partial charge in [0.2, 0.25) is 0 Å². The highest BCUT2D eigenvalue weighted by molar-refractivity contribution is 5.94. The van der Waals surface area contributed by atoms with E-state index in [1.807, 2.05) is 0 Å². The number of rotatable bonds is 7. The van der Waals surface area contributed by atoms with Gasteiger partial charge in [0.25, 0.3) is 5.91 Å². The van der Waals surface area contributed by atoms with Gasteiger partial charge in [-0.05, 0) is 43.0 Å². The van der Waals surface area contributed by atoms with Gasteiger partial charge in [-0.15, -0.1) is 0 Å². The van der Waals surface area contributed by atoms with Crippen molar-refractivity contribution < 1.29 is 19.4 Å². The highest BCUT2D eigenvalue weighted by Gasteiger charge is 2.14. The van der Waals surface area contributed by atoms with Crippen molar-refractivity contribution in [2.75, 3.05) is 13.2 Å². The predicted octanol–water partition coefficient (Wildman–Crippen LogP) is 2.85. The Balaban J connectivity index is 1.76. The third-order valence-electron chi connectivity index (χ3n) is 3.95. The van der Waals surface area contributed by atoms with E-state index in [-0.39, 0.29) is 18.9 Å². The van der Waals surface area contributed by atoms with Crippen LogP contribution in [0.3, 0.4) is 0 Å². The van der Waals surface area contributed by atoms with Crippen molar-refractivity contribution in [3.63, 3.8) is 0 Å². The second-order valence-electron chi connectivity index (χ2n) is 5.74. The minimum atomic E-state index is -0.924. The van der Waals surface area contributed by atoms with E-state index in [4.69, 9.17) is 9.84 Å². The first kappa shape index (κ1) is 16.3. The van der Waals surface area contributed by atoms with Crippen LogP contribution in [-0.4, -0.2) is 30.1 Å². The summed E-state index contributed by atoms with van der Waals surface area (Å²) < 4.78 is 5.78. The second-order valence-corrected chi connectivity index (χ2v) is 5.74. The Kier molecular flexibility index (Phi) is 6.25. The lowest BCUT2D eigenvalue weighted by Crippen LogP contribution is -2.25. The molecule has 0 aromatic heterocycles. The summed E-state index contributed by atoms with van der Waals surface area (Å²) in [4.78, 5) is 22.2. The molecule has 1 aliphatic carbocycles. The lowest BCUT2D eigenvalue weighted by atomic mass is 9.90. The van der Waals surface area contributed by atoms with Crippen LogP contribution in [-0.2, 0) is 4.79 Å². The van der Waals surface area contributed by atoms with Gasteiger partial charge in [0.15, 0.2) is 0 Å². The van der Waals surface area contributed by atoms with Crippen molar-refractivity contribution in [1.82, 2.24) is 5.32 Å². The predicted molar refractivity (Wildman–Crippen MR) is 83.1 cm³/mol. The summed E-state index contributed by atoms with van der Waals surface area (Å²) in [7, 11) is 0. The highest BCUT2D eigenvalue weighted by atomic mass is 16.5. The zero-order chi connectivity index (χ0) is 15.8. The summed E-state index contributed by atoms with van der Waals surface area (Å²) in [5.74, 6) is 0.229. The standard InChI is InChI=1S/C17H23NO4/c19-16(20)10-11-18-17(21)14-6-8-15(9-7-14)22-12-13-4-2-1-3-5-13/h6-9,13H,1-5,10-12H2,(H,18,21)(H,19,20). The molecule has 2 N–H and O–H groups in total. The molecule has 0 radical (unpaired) electrons. The smallest absolute Gasteiger partial charge is 0.305 e. The van der Waals surface area contributed by atoms with Crippen molar-refractivity contribution in [1.29, 1.82) is 0 Å². The normalized spacial score (nSPS) is 15.3. The summed E-state index contributed by atoms with van der Waals surface area (Å²) in [6.45, 7) is 0.873. The number of amides is 1. The van der Waals surface area contributed by atoms with Crippen molar-refractivity contribution in [2.24, 2.45) is 5.92 Å². The van der Waals surface area contributed by atoms with Crippen molar-refractivity contribution in [3.05, 3.63) is 29.8 Å². The molecule has 0 unspecified atom stereocenters. The van der Waals surface area contributed by atoms with Gasteiger partial charge in [-0.1, -0.05) is 19.3 Å². The van der Waals surface area contributed by atoms with Gasteiger partial charge in [0.05, 0.1) is 13.0 Å². The number of nitrogens with one attached hydrogen (secondary N) is 1. The minimum absolute atomic E-state index is 0.0751. The number of aliphatic carboxylic acids is 1. The van der Waals surface area contributed by atoms with E-state index in [0.29, 0.717) is 11.5 Å². The van der Waals surface area contributed by atoms with Crippen LogP contribution in [0.1, 0.15) is 48.9 Å². The van der Waals surface area contributed by atoms with Crippen LogP contribution in [0.4, 0.5) is 0 Å². The Morgan fingerprint density at radius 1 is 1.14 bits per heavy atom. The quantitative estimate of drug-likeness (QED) is 0.812. The van der Waals surface area contributed by atoms with E-state index in [1.165, 1.54) is 32.1 Å². The van der Waals surface area contributed by atoms with Crippen molar-refractivity contribution in [3.8, 4) is 5.75 Å². The van der Waals surface area contributed by atoms with Gasteiger partial charge in [0.1, 0.15) is 5.75 Å². The summed E-state index contributed by atoms with van der Waals surface area (Å²) in [5.41, 5.74) is 0.510. The van der Waals surface area contributed by atoms with Crippen LogP contribution >= 0.6 is 0 Å². The van der Waals surface area contributed by atoms with Gasteiger partial charge in [0, 0.05) is 12.1 Å². The van der Waals surface area contributed by atoms with Crippen LogP contribution in [0.25, 0.3) is 0 Å². The molecule has 1 saturated carbocycles. The van der Waals surface area contributed by atoms with Gasteiger partial charge in [-0.3, -0.25) is 9.59 Å². The van der Waals surface area contributed by atoms with Gasteiger partial charge < -0.3 is 15.2 Å². The molecule has 1 fully saturated rings. The van der Waals surface area contributed by atoms with Crippen LogP contribution < -0.4 is 10.1 Å². The molecule has 1 aromatic carbocycles. The minimum Gasteiger partial charge on any atom is -0.493 e. The molecule has 5 nitrogen and oxygen atoms in total. The van der Waals surface area contributed by atoms with E-state index in [9.17, 15) is 9.59 Å². The molecule has 1 aliphatic rings. The third kappa shape index (κ3) is 5.39. The molecule has 0 atom stereocenters. The lowest BCUT2D eigenvalue weighted by Gasteiger charge is -2.21. The molecule has 0 saturated heterocycles. The van der Waals surface area contributed by atoms with Crippen LogP contribution in [0.15, 0.2) is 24.3 Å². The fourth-order valence-electron chi connectivity index (χ4n) is 2.66. The number of benzene rings is 1. The molecule has 0 heterocycles. The zero-order valence-electron chi connectivity index (χ0n) is 12.7. The highest BCUT2D eigenvalue weighted by Crippen LogP contribution is 2.24. The average molecular weight is 305 g/mol. The first-order valence-electron chi connectivity index (χ1n) is 7.88. The first-order chi connectivity index (χ1) is 10.6. The average Bonchev–Trinajstić information content (AvgIpc) is 2.54. The topological polar surface area (TPSA) is 75.6 Å². The number of ether oxygens (including phenoxy) is 1. The Morgan fingerprint density at radius 3 is 2.45 bits per heavy atom. The first-order valence-corrected chi connectivity index (χ1v) is 7.88. The van der Waals surface area contributed by atoms with E-state index in [0.717, 1.165) is 12.4 Å². The maximum atomic E-state index is 11.8. The molecule has 2 rings (SSSR count). The Morgan fingerprint density at radius 2 is 1.82 bits per heavy atom. The van der Waals surface area contributed by atoms with Crippen LogP contribution in [0.5, 0.6) is 5.75 Å². The molecule has 0 bridgehead atoms. The number of hydrogen-bond acceptors (Lipinski definition) is 3. The largest absolute Gasteiger partial charge is 0.493 e. The summed E-state index contributed by atoms with van der Waals surface area (Å²) >= 11 is 0. The SMILES string of the molecule is O=C(O)CCNC(=O)c1ccc(OCC2CCCCC2)cc1. The second kappa shape index (κ2) is 8.41.